The van der Waals surface area contributed by atoms with Gasteiger partial charge in [-0.1, -0.05) is 0 Å². The van der Waals surface area contributed by atoms with Crippen molar-refractivity contribution in [2.45, 2.75) is 70.9 Å². The summed E-state index contributed by atoms with van der Waals surface area (Å²) < 4.78 is 54.2. The first-order valence-corrected chi connectivity index (χ1v) is 9.71. The number of carbonyl (C=O) groups is 5. The van der Waals surface area contributed by atoms with Gasteiger partial charge in [0.2, 0.25) is 5.91 Å². The molecule has 0 aliphatic carbocycles. The van der Waals surface area contributed by atoms with Gasteiger partial charge in [0.15, 0.2) is 18.4 Å². The van der Waals surface area contributed by atoms with Crippen molar-refractivity contribution in [2.24, 2.45) is 5.73 Å². The fraction of sp³-hybridized carbons (Fsp3) is 0.737. The molecule has 0 rings (SSSR count). The summed E-state index contributed by atoms with van der Waals surface area (Å²) in [6.07, 6.45) is -5.96. The van der Waals surface area contributed by atoms with Gasteiger partial charge in [-0.15, -0.1) is 0 Å². The van der Waals surface area contributed by atoms with Gasteiger partial charge in [-0.05, 0) is 6.92 Å². The molecule has 12 nitrogen and oxygen atoms in total. The van der Waals surface area contributed by atoms with Crippen LogP contribution in [0.3, 0.4) is 0 Å². The van der Waals surface area contributed by atoms with Gasteiger partial charge in [-0.3, -0.25) is 19.2 Å². The van der Waals surface area contributed by atoms with E-state index < -0.39 is 79.3 Å². The summed E-state index contributed by atoms with van der Waals surface area (Å²) in [6.45, 7) is 3.76. The third-order valence-electron chi connectivity index (χ3n) is 4.12. The Labute approximate surface area is 189 Å². The van der Waals surface area contributed by atoms with E-state index in [0.717, 1.165) is 34.8 Å². The normalized spacial score (nSPS) is 17.2. The van der Waals surface area contributed by atoms with Crippen molar-refractivity contribution in [1.29, 1.82) is 0 Å². The molecule has 0 aromatic carbocycles. The molecule has 0 saturated carbocycles. The summed E-state index contributed by atoms with van der Waals surface area (Å²) in [7, 11) is 0.765. The van der Waals surface area contributed by atoms with Crippen molar-refractivity contribution in [1.82, 2.24) is 5.32 Å². The lowest BCUT2D eigenvalue weighted by Gasteiger charge is -2.34. The van der Waals surface area contributed by atoms with Gasteiger partial charge >= 0.3 is 29.7 Å². The molecule has 0 aromatic heterocycles. The first-order valence-electron chi connectivity index (χ1n) is 9.71. The molecule has 6 atom stereocenters. The summed E-state index contributed by atoms with van der Waals surface area (Å²) in [6, 6.07) is -2.89. The van der Waals surface area contributed by atoms with E-state index in [9.17, 15) is 24.0 Å². The van der Waals surface area contributed by atoms with Crippen molar-refractivity contribution in [3.05, 3.63) is 0 Å². The summed E-state index contributed by atoms with van der Waals surface area (Å²) in [5, 5.41) is 2.26. The van der Waals surface area contributed by atoms with E-state index >= 15 is 8.78 Å². The summed E-state index contributed by atoms with van der Waals surface area (Å²) in [5.41, 5.74) is 5.65. The van der Waals surface area contributed by atoms with Crippen LogP contribution in [-0.2, 0) is 47.7 Å². The first-order chi connectivity index (χ1) is 15.1. The van der Waals surface area contributed by atoms with Crippen molar-refractivity contribution < 1.29 is 56.4 Å². The number of carbonyl (C=O) groups excluding carboxylic acids is 5. The maximum atomic E-state index is 15.5. The highest BCUT2D eigenvalue weighted by Crippen LogP contribution is 2.27. The zero-order chi connectivity index (χ0) is 25.9. The topological polar surface area (TPSA) is 170 Å². The average molecular weight is 484 g/mol. The molecule has 1 amide bonds. The number of nitrogens with two attached hydrogens (primary N) is 1. The number of alkyl halides is 2. The second-order valence-electron chi connectivity index (χ2n) is 7.01. The minimum absolute atomic E-state index is 0.585. The Morgan fingerprint density at radius 1 is 0.939 bits per heavy atom. The SMILES string of the molecule is COC(=O)[C@](F)(OC[C@H](OC(C)=O)[C@@H](COC(C)=O)OC(C)=O)C(F)C(N)[C@H](C)NC(C)=O. The third kappa shape index (κ3) is 10.1. The molecule has 0 aliphatic rings. The summed E-state index contributed by atoms with van der Waals surface area (Å²) in [4.78, 5) is 57.2. The zero-order valence-corrected chi connectivity index (χ0v) is 19.2. The predicted molar refractivity (Wildman–Crippen MR) is 106 cm³/mol. The van der Waals surface area contributed by atoms with E-state index in [-0.39, 0.29) is 0 Å². The number of hydrogen-bond donors (Lipinski definition) is 2. The van der Waals surface area contributed by atoms with Crippen LogP contribution >= 0.6 is 0 Å². The summed E-state index contributed by atoms with van der Waals surface area (Å²) in [5.74, 6) is -8.77. The predicted octanol–water partition coefficient (Wildman–Crippen LogP) is -0.542. The second-order valence-corrected chi connectivity index (χ2v) is 7.01. The van der Waals surface area contributed by atoms with Crippen LogP contribution in [0.25, 0.3) is 0 Å². The lowest BCUT2D eigenvalue weighted by Crippen LogP contribution is -2.61. The molecule has 0 radical (unpaired) electrons. The minimum Gasteiger partial charge on any atom is -0.465 e. The zero-order valence-electron chi connectivity index (χ0n) is 19.2. The minimum atomic E-state index is -3.80. The highest BCUT2D eigenvalue weighted by molar-refractivity contribution is 5.78. The second kappa shape index (κ2) is 13.6. The third-order valence-corrected chi connectivity index (χ3v) is 4.12. The van der Waals surface area contributed by atoms with Crippen LogP contribution in [0.5, 0.6) is 0 Å². The van der Waals surface area contributed by atoms with Crippen LogP contribution in [0.4, 0.5) is 8.78 Å². The van der Waals surface area contributed by atoms with Gasteiger partial charge in [0.05, 0.1) is 19.8 Å². The molecule has 0 fully saturated rings. The monoisotopic (exact) mass is 484 g/mol. The van der Waals surface area contributed by atoms with E-state index in [1.165, 1.54) is 6.92 Å². The lowest BCUT2D eigenvalue weighted by molar-refractivity contribution is -0.234. The molecule has 14 heteroatoms. The number of esters is 4. The number of nitrogens with one attached hydrogen (secondary N) is 1. The molecule has 0 heterocycles. The van der Waals surface area contributed by atoms with Crippen LogP contribution in [0.2, 0.25) is 0 Å². The van der Waals surface area contributed by atoms with Crippen molar-refractivity contribution >= 4 is 29.8 Å². The molecule has 33 heavy (non-hydrogen) atoms. The maximum Gasteiger partial charge on any atom is 0.375 e. The molecule has 0 saturated heterocycles. The molecular formula is C19H30F2N2O10. The molecule has 2 unspecified atom stereocenters. The van der Waals surface area contributed by atoms with Crippen LogP contribution < -0.4 is 11.1 Å². The fourth-order valence-corrected chi connectivity index (χ4v) is 2.57. The highest BCUT2D eigenvalue weighted by Gasteiger charge is 2.54. The van der Waals surface area contributed by atoms with E-state index in [1.807, 2.05) is 0 Å². The first kappa shape index (κ1) is 30.1. The van der Waals surface area contributed by atoms with Crippen LogP contribution in [0.1, 0.15) is 34.6 Å². The molecule has 0 bridgehead atoms. The van der Waals surface area contributed by atoms with Gasteiger partial charge in [0.1, 0.15) is 6.61 Å². The van der Waals surface area contributed by atoms with Crippen molar-refractivity contribution in [3.63, 3.8) is 0 Å². The molecule has 190 valence electrons. The Balaban J connectivity index is 5.86. The number of amides is 1. The van der Waals surface area contributed by atoms with E-state index in [1.54, 1.807) is 0 Å². The van der Waals surface area contributed by atoms with Crippen LogP contribution in [-0.4, -0.2) is 86.4 Å². The van der Waals surface area contributed by atoms with Crippen LogP contribution in [0.15, 0.2) is 0 Å². The van der Waals surface area contributed by atoms with Crippen molar-refractivity contribution in [2.75, 3.05) is 20.3 Å². The van der Waals surface area contributed by atoms with Crippen molar-refractivity contribution in [3.8, 4) is 0 Å². The molecular weight excluding hydrogens is 454 g/mol. The smallest absolute Gasteiger partial charge is 0.375 e. The summed E-state index contributed by atoms with van der Waals surface area (Å²) >= 11 is 0. The van der Waals surface area contributed by atoms with E-state index in [2.05, 4.69) is 10.1 Å². The van der Waals surface area contributed by atoms with Gasteiger partial charge in [-0.2, -0.15) is 4.39 Å². The average Bonchev–Trinajstić information content (AvgIpc) is 2.70. The molecule has 0 aromatic rings. The van der Waals surface area contributed by atoms with Gasteiger partial charge in [0, 0.05) is 33.7 Å². The Hall–Kier alpha value is -2.87. The Morgan fingerprint density at radius 3 is 1.82 bits per heavy atom. The lowest BCUT2D eigenvalue weighted by atomic mass is 9.99. The largest absolute Gasteiger partial charge is 0.465 e. The molecule has 0 aliphatic heterocycles. The van der Waals surface area contributed by atoms with E-state index in [4.69, 9.17) is 24.7 Å². The van der Waals surface area contributed by atoms with Gasteiger partial charge in [-0.25, -0.2) is 9.18 Å². The Kier molecular flexibility index (Phi) is 12.4. The number of ether oxygens (including phenoxy) is 5. The van der Waals surface area contributed by atoms with Gasteiger partial charge < -0.3 is 34.7 Å². The van der Waals surface area contributed by atoms with E-state index in [0.29, 0.717) is 0 Å². The molecule has 0 spiro atoms. The Bertz CT molecular complexity index is 723. The highest BCUT2D eigenvalue weighted by atomic mass is 19.2. The molecule has 3 N–H and O–H groups in total. The quantitative estimate of drug-likeness (QED) is 0.254. The number of methoxy groups -OCH3 is 1. The Morgan fingerprint density at radius 2 is 1.42 bits per heavy atom. The number of hydrogen-bond acceptors (Lipinski definition) is 11. The fourth-order valence-electron chi connectivity index (χ4n) is 2.57. The van der Waals surface area contributed by atoms with Crippen LogP contribution in [0, 0.1) is 0 Å². The maximum absolute atomic E-state index is 15.5. The number of rotatable bonds is 13. The standard InChI is InChI=1S/C19H30F2N2O10/c1-9(23-10(2)24)16(22)17(20)19(21,18(28)29-6)31-8-15(33-13(5)27)14(32-12(4)26)7-30-11(3)25/h9,14-17H,7-8,22H2,1-6H3,(H,23,24)/t9-,14+,15-,16?,17?,19+/m0/s1. The van der Waals surface area contributed by atoms with Gasteiger partial charge in [0.25, 0.3) is 0 Å². The number of halogens is 2.